The Bertz CT molecular complexity index is 1290. The van der Waals surface area contributed by atoms with Gasteiger partial charge in [-0.25, -0.2) is 8.42 Å². The normalized spacial score (nSPS) is 11.3. The second-order valence-electron chi connectivity index (χ2n) is 9.21. The van der Waals surface area contributed by atoms with Crippen LogP contribution in [0.3, 0.4) is 0 Å². The van der Waals surface area contributed by atoms with Gasteiger partial charge in [-0.1, -0.05) is 49.7 Å². The number of rotatable bonds is 12. The number of carbonyl (C=O) groups is 1. The van der Waals surface area contributed by atoms with Crippen molar-refractivity contribution in [3.8, 4) is 11.5 Å². The Balaban J connectivity index is 1.70. The number of methoxy groups -OCH3 is 2. The highest BCUT2D eigenvalue weighted by Crippen LogP contribution is 2.28. The van der Waals surface area contributed by atoms with Gasteiger partial charge in [0.25, 0.3) is 10.0 Å². The van der Waals surface area contributed by atoms with E-state index in [0.29, 0.717) is 36.1 Å². The van der Waals surface area contributed by atoms with E-state index in [1.54, 1.807) is 50.6 Å². The first kappa shape index (κ1) is 28.1. The molecular weight excluding hydrogens is 488 g/mol. The number of hydrogen-bond donors (Lipinski definition) is 1. The fourth-order valence-electron chi connectivity index (χ4n) is 3.92. The fourth-order valence-corrected chi connectivity index (χ4v) is 5.34. The molecular formula is C29H36N2O5S. The number of nitrogens with one attached hydrogen (secondary N) is 1. The van der Waals surface area contributed by atoms with Gasteiger partial charge in [-0.2, -0.15) is 0 Å². The largest absolute Gasteiger partial charge is 0.493 e. The average molecular weight is 525 g/mol. The van der Waals surface area contributed by atoms with Gasteiger partial charge < -0.3 is 14.8 Å². The smallest absolute Gasteiger partial charge is 0.264 e. The second kappa shape index (κ2) is 12.6. The number of hydrogen-bond acceptors (Lipinski definition) is 5. The fraction of sp³-hybridized carbons (Fsp3) is 0.345. The zero-order valence-corrected chi connectivity index (χ0v) is 23.0. The summed E-state index contributed by atoms with van der Waals surface area (Å²) in [7, 11) is -0.757. The number of sulfonamides is 1. The van der Waals surface area contributed by atoms with Crippen LogP contribution >= 0.6 is 0 Å². The van der Waals surface area contributed by atoms with Crippen molar-refractivity contribution in [3.05, 3.63) is 83.4 Å². The highest BCUT2D eigenvalue weighted by molar-refractivity contribution is 7.92. The van der Waals surface area contributed by atoms with Crippen molar-refractivity contribution in [2.75, 3.05) is 31.6 Å². The molecule has 0 unspecified atom stereocenters. The first-order valence-electron chi connectivity index (χ1n) is 12.3. The molecule has 0 aliphatic carbocycles. The van der Waals surface area contributed by atoms with Crippen LogP contribution in [0.25, 0.3) is 0 Å². The van der Waals surface area contributed by atoms with E-state index in [1.807, 2.05) is 37.3 Å². The molecule has 0 heterocycles. The summed E-state index contributed by atoms with van der Waals surface area (Å²) in [5, 5.41) is 2.87. The lowest BCUT2D eigenvalue weighted by molar-refractivity contribution is -0.119. The van der Waals surface area contributed by atoms with Crippen LogP contribution in [0.4, 0.5) is 5.69 Å². The van der Waals surface area contributed by atoms with Crippen molar-refractivity contribution >= 4 is 21.6 Å². The summed E-state index contributed by atoms with van der Waals surface area (Å²) in [6, 6.07) is 19.7. The van der Waals surface area contributed by atoms with E-state index >= 15 is 0 Å². The van der Waals surface area contributed by atoms with Crippen LogP contribution < -0.4 is 19.1 Å². The van der Waals surface area contributed by atoms with Crippen LogP contribution in [0, 0.1) is 6.92 Å². The van der Waals surface area contributed by atoms with E-state index in [0.717, 1.165) is 23.1 Å². The van der Waals surface area contributed by atoms with E-state index in [2.05, 4.69) is 19.2 Å². The van der Waals surface area contributed by atoms with Gasteiger partial charge in [-0.05, 0) is 73.2 Å². The van der Waals surface area contributed by atoms with Crippen molar-refractivity contribution in [2.24, 2.45) is 0 Å². The first-order chi connectivity index (χ1) is 17.6. The van der Waals surface area contributed by atoms with Crippen LogP contribution in [-0.4, -0.2) is 41.6 Å². The van der Waals surface area contributed by atoms with Crippen LogP contribution in [0.5, 0.6) is 11.5 Å². The first-order valence-corrected chi connectivity index (χ1v) is 13.8. The molecule has 7 nitrogen and oxygen atoms in total. The van der Waals surface area contributed by atoms with Crippen molar-refractivity contribution < 1.29 is 22.7 Å². The molecule has 1 amide bonds. The SMILES string of the molecule is COc1ccc(CCCNC(=O)CN(c2ccc(C(C)C)cc2)S(=O)(=O)c2ccc(C)cc2)cc1OC. The molecule has 0 spiro atoms. The molecule has 1 N–H and O–H groups in total. The second-order valence-corrected chi connectivity index (χ2v) is 11.1. The molecule has 3 rings (SSSR count). The maximum absolute atomic E-state index is 13.5. The molecule has 0 aliphatic rings. The monoisotopic (exact) mass is 524 g/mol. The highest BCUT2D eigenvalue weighted by atomic mass is 32.2. The number of carbonyl (C=O) groups excluding carboxylic acids is 1. The average Bonchev–Trinajstić information content (AvgIpc) is 2.89. The molecule has 0 saturated carbocycles. The van der Waals surface area contributed by atoms with Gasteiger partial charge in [0.2, 0.25) is 5.91 Å². The molecule has 0 atom stereocenters. The van der Waals surface area contributed by atoms with Gasteiger partial charge in [-0.3, -0.25) is 9.10 Å². The summed E-state index contributed by atoms with van der Waals surface area (Å²) in [6.07, 6.45) is 1.41. The van der Waals surface area contributed by atoms with Crippen molar-refractivity contribution in [1.29, 1.82) is 0 Å². The number of nitrogens with zero attached hydrogens (tertiary/aromatic N) is 1. The maximum atomic E-state index is 13.5. The van der Waals surface area contributed by atoms with Crippen molar-refractivity contribution in [2.45, 2.75) is 44.4 Å². The van der Waals surface area contributed by atoms with Crippen LogP contribution in [0.1, 0.15) is 42.9 Å². The summed E-state index contributed by atoms with van der Waals surface area (Å²) in [4.78, 5) is 13.0. The summed E-state index contributed by atoms with van der Waals surface area (Å²) in [5.74, 6) is 1.27. The molecule has 37 heavy (non-hydrogen) atoms. The number of ether oxygens (including phenoxy) is 2. The molecule has 0 aromatic heterocycles. The standard InChI is InChI=1S/C29H36N2O5S/c1-21(2)24-11-13-25(14-12-24)31(37(33,34)26-15-8-22(3)9-16-26)20-29(32)30-18-6-7-23-10-17-27(35-4)28(19-23)36-5/h8-17,19,21H,6-7,18,20H2,1-5H3,(H,30,32). The lowest BCUT2D eigenvalue weighted by Gasteiger charge is -2.24. The zero-order chi connectivity index (χ0) is 27.0. The summed E-state index contributed by atoms with van der Waals surface area (Å²) < 4.78 is 38.9. The Morgan fingerprint density at radius 1 is 0.919 bits per heavy atom. The molecule has 0 radical (unpaired) electrons. The molecule has 198 valence electrons. The van der Waals surface area contributed by atoms with Crippen molar-refractivity contribution in [1.82, 2.24) is 5.32 Å². The molecule has 0 saturated heterocycles. The maximum Gasteiger partial charge on any atom is 0.264 e. The van der Waals surface area contributed by atoms with Crippen LogP contribution in [0.15, 0.2) is 71.6 Å². The van der Waals surface area contributed by atoms with Gasteiger partial charge in [-0.15, -0.1) is 0 Å². The third-order valence-corrected chi connectivity index (χ3v) is 7.94. The molecule has 3 aromatic rings. The summed E-state index contributed by atoms with van der Waals surface area (Å²) in [5.41, 5.74) is 3.56. The van der Waals surface area contributed by atoms with E-state index in [4.69, 9.17) is 9.47 Å². The minimum Gasteiger partial charge on any atom is -0.493 e. The molecule has 8 heteroatoms. The summed E-state index contributed by atoms with van der Waals surface area (Å²) in [6.45, 7) is 6.15. The van der Waals surface area contributed by atoms with Crippen LogP contribution in [0.2, 0.25) is 0 Å². The number of aryl methyl sites for hydroxylation is 2. The van der Waals surface area contributed by atoms with E-state index in [-0.39, 0.29) is 17.3 Å². The Kier molecular flexibility index (Phi) is 9.58. The quantitative estimate of drug-likeness (QED) is 0.334. The van der Waals surface area contributed by atoms with E-state index in [9.17, 15) is 13.2 Å². The van der Waals surface area contributed by atoms with Gasteiger partial charge in [0.05, 0.1) is 24.8 Å². The van der Waals surface area contributed by atoms with Gasteiger partial charge in [0.15, 0.2) is 11.5 Å². The minimum atomic E-state index is -3.94. The third-order valence-electron chi connectivity index (χ3n) is 6.16. The molecule has 0 fully saturated rings. The Hall–Kier alpha value is -3.52. The molecule has 0 bridgehead atoms. The lowest BCUT2D eigenvalue weighted by Crippen LogP contribution is -2.41. The highest BCUT2D eigenvalue weighted by Gasteiger charge is 2.27. The number of anilines is 1. The number of benzene rings is 3. The number of amides is 1. The van der Waals surface area contributed by atoms with Gasteiger partial charge in [0.1, 0.15) is 6.54 Å². The predicted molar refractivity (Wildman–Crippen MR) is 147 cm³/mol. The third kappa shape index (κ3) is 7.26. The molecule has 3 aromatic carbocycles. The van der Waals surface area contributed by atoms with Crippen molar-refractivity contribution in [3.63, 3.8) is 0 Å². The zero-order valence-electron chi connectivity index (χ0n) is 22.2. The topological polar surface area (TPSA) is 84.9 Å². The van der Waals surface area contributed by atoms with Gasteiger partial charge >= 0.3 is 0 Å². The van der Waals surface area contributed by atoms with Crippen LogP contribution in [-0.2, 0) is 21.2 Å². The van der Waals surface area contributed by atoms with E-state index < -0.39 is 10.0 Å². The minimum absolute atomic E-state index is 0.146. The summed E-state index contributed by atoms with van der Waals surface area (Å²) >= 11 is 0. The van der Waals surface area contributed by atoms with E-state index in [1.165, 1.54) is 4.31 Å². The Morgan fingerprint density at radius 3 is 2.16 bits per heavy atom. The van der Waals surface area contributed by atoms with Gasteiger partial charge in [0, 0.05) is 6.54 Å². The lowest BCUT2D eigenvalue weighted by atomic mass is 10.0. The molecule has 0 aliphatic heterocycles. The Morgan fingerprint density at radius 2 is 1.57 bits per heavy atom. The Labute approximate surface area is 220 Å². The predicted octanol–water partition coefficient (Wildman–Crippen LogP) is 5.08.